The van der Waals surface area contributed by atoms with E-state index in [0.29, 0.717) is 18.7 Å². The first-order valence-electron chi connectivity index (χ1n) is 7.60. The van der Waals surface area contributed by atoms with Crippen LogP contribution in [0, 0.1) is 29.1 Å². The second-order valence-electron chi connectivity index (χ2n) is 5.14. The molecule has 2 N–H and O–H groups in total. The predicted molar refractivity (Wildman–Crippen MR) is 87.1 cm³/mol. The number of guanidine groups is 1. The van der Waals surface area contributed by atoms with Crippen molar-refractivity contribution in [3.63, 3.8) is 0 Å². The van der Waals surface area contributed by atoms with E-state index in [-0.39, 0.29) is 5.96 Å². The predicted octanol–water partition coefficient (Wildman–Crippen LogP) is 5.06. The molecule has 0 spiro atoms. The molecule has 0 aliphatic heterocycles. The van der Waals surface area contributed by atoms with Crippen molar-refractivity contribution < 1.29 is 22.0 Å². The van der Waals surface area contributed by atoms with Crippen molar-refractivity contribution in [1.82, 2.24) is 0 Å². The number of hydrogen-bond donors (Lipinski definition) is 2. The lowest BCUT2D eigenvalue weighted by Gasteiger charge is -2.15. The summed E-state index contributed by atoms with van der Waals surface area (Å²) in [5, 5.41) is 4.94. The number of aliphatic imine (C=N–C) groups is 1. The summed E-state index contributed by atoms with van der Waals surface area (Å²) in [7, 11) is 0. The van der Waals surface area contributed by atoms with Crippen molar-refractivity contribution in [1.29, 1.82) is 0 Å². The summed E-state index contributed by atoms with van der Waals surface area (Å²) in [6, 6.07) is 8.51. The molecule has 2 rings (SSSR count). The molecule has 134 valence electrons. The zero-order valence-electron chi connectivity index (χ0n) is 13.3. The van der Waals surface area contributed by atoms with E-state index in [0.717, 1.165) is 6.42 Å². The SMILES string of the molecule is CCCCN=C(Nc1ccccc1)Nc1c(F)c(F)c(F)c(F)c1F. The highest BCUT2D eigenvalue weighted by molar-refractivity contribution is 6.03. The summed E-state index contributed by atoms with van der Waals surface area (Å²) < 4.78 is 67.4. The summed E-state index contributed by atoms with van der Waals surface area (Å²) in [6.07, 6.45) is 1.52. The van der Waals surface area contributed by atoms with Crippen molar-refractivity contribution >= 4 is 17.3 Å². The monoisotopic (exact) mass is 357 g/mol. The summed E-state index contributed by atoms with van der Waals surface area (Å²) in [6.45, 7) is 2.24. The van der Waals surface area contributed by atoms with Gasteiger partial charge >= 0.3 is 0 Å². The number of benzene rings is 2. The number of para-hydroxylation sites is 1. The molecule has 8 heteroatoms. The van der Waals surface area contributed by atoms with E-state index >= 15 is 0 Å². The highest BCUT2D eigenvalue weighted by Crippen LogP contribution is 2.27. The van der Waals surface area contributed by atoms with E-state index in [1.54, 1.807) is 30.3 Å². The summed E-state index contributed by atoms with van der Waals surface area (Å²) in [5.74, 6) is -10.3. The van der Waals surface area contributed by atoms with Crippen molar-refractivity contribution in [2.45, 2.75) is 19.8 Å². The minimum absolute atomic E-state index is 0.122. The first-order chi connectivity index (χ1) is 12.0. The number of nitrogens with zero attached hydrogens (tertiary/aromatic N) is 1. The van der Waals surface area contributed by atoms with E-state index in [9.17, 15) is 22.0 Å². The van der Waals surface area contributed by atoms with Gasteiger partial charge in [0.25, 0.3) is 0 Å². The van der Waals surface area contributed by atoms with Gasteiger partial charge in [-0.05, 0) is 18.6 Å². The Kier molecular flexibility index (Phi) is 6.32. The van der Waals surface area contributed by atoms with Crippen molar-refractivity contribution in [3.05, 3.63) is 59.4 Å². The van der Waals surface area contributed by atoms with Crippen molar-refractivity contribution in [2.24, 2.45) is 4.99 Å². The molecule has 0 aliphatic carbocycles. The van der Waals surface area contributed by atoms with Gasteiger partial charge in [-0.2, -0.15) is 0 Å². The zero-order valence-corrected chi connectivity index (χ0v) is 13.3. The number of anilines is 2. The molecule has 0 aliphatic rings. The lowest BCUT2D eigenvalue weighted by atomic mass is 10.2. The fourth-order valence-corrected chi connectivity index (χ4v) is 1.95. The lowest BCUT2D eigenvalue weighted by molar-refractivity contribution is 0.382. The van der Waals surface area contributed by atoms with Gasteiger partial charge < -0.3 is 10.6 Å². The van der Waals surface area contributed by atoms with Crippen LogP contribution in [0.5, 0.6) is 0 Å². The molecule has 0 fully saturated rings. The van der Waals surface area contributed by atoms with Crippen LogP contribution in [0.25, 0.3) is 0 Å². The van der Waals surface area contributed by atoms with Crippen LogP contribution in [-0.4, -0.2) is 12.5 Å². The topological polar surface area (TPSA) is 36.4 Å². The average Bonchev–Trinajstić information content (AvgIpc) is 2.62. The molecule has 0 radical (unpaired) electrons. The highest BCUT2D eigenvalue weighted by atomic mass is 19.2. The molecule has 0 heterocycles. The normalized spacial score (nSPS) is 11.5. The van der Waals surface area contributed by atoms with Gasteiger partial charge in [0, 0.05) is 12.2 Å². The number of nitrogens with one attached hydrogen (secondary N) is 2. The number of rotatable bonds is 5. The van der Waals surface area contributed by atoms with E-state index in [4.69, 9.17) is 0 Å². The Bertz CT molecular complexity index is 734. The number of halogens is 5. The van der Waals surface area contributed by atoms with Crippen LogP contribution >= 0.6 is 0 Å². The van der Waals surface area contributed by atoms with E-state index < -0.39 is 34.8 Å². The molecule has 0 bridgehead atoms. The Morgan fingerprint density at radius 3 is 1.96 bits per heavy atom. The Labute approximate surface area is 141 Å². The smallest absolute Gasteiger partial charge is 0.200 e. The molecule has 0 aromatic heterocycles. The summed E-state index contributed by atoms with van der Waals surface area (Å²) in [5.41, 5.74) is -0.621. The molecule has 25 heavy (non-hydrogen) atoms. The maximum Gasteiger partial charge on any atom is 0.200 e. The van der Waals surface area contributed by atoms with Crippen LogP contribution in [0.4, 0.5) is 33.3 Å². The minimum atomic E-state index is -2.21. The Hall–Kier alpha value is -2.64. The molecule has 0 saturated carbocycles. The molecule has 2 aromatic rings. The van der Waals surface area contributed by atoms with E-state index in [1.807, 2.05) is 6.92 Å². The third-order valence-corrected chi connectivity index (χ3v) is 3.27. The first-order valence-corrected chi connectivity index (χ1v) is 7.60. The van der Waals surface area contributed by atoms with E-state index in [1.165, 1.54) is 0 Å². The fraction of sp³-hybridized carbons (Fsp3) is 0.235. The van der Waals surface area contributed by atoms with Gasteiger partial charge in [0.2, 0.25) is 5.82 Å². The first kappa shape index (κ1) is 18.7. The number of hydrogen-bond acceptors (Lipinski definition) is 1. The third kappa shape index (κ3) is 4.46. The standard InChI is InChI=1S/C17H16F5N3/c1-2-3-9-23-17(24-10-7-5-4-6-8-10)25-16-14(21)12(19)11(18)13(20)15(16)22/h4-8H,2-3,9H2,1H3,(H2,23,24,25). The second-order valence-corrected chi connectivity index (χ2v) is 5.14. The Morgan fingerprint density at radius 1 is 0.840 bits per heavy atom. The average molecular weight is 357 g/mol. The quantitative estimate of drug-likeness (QED) is 0.196. The van der Waals surface area contributed by atoms with Crippen LogP contribution in [0.3, 0.4) is 0 Å². The van der Waals surface area contributed by atoms with Gasteiger partial charge in [-0.1, -0.05) is 31.5 Å². The molecule has 0 amide bonds. The van der Waals surface area contributed by atoms with Crippen LogP contribution < -0.4 is 10.6 Å². The van der Waals surface area contributed by atoms with Gasteiger partial charge in [-0.3, -0.25) is 4.99 Å². The number of unbranched alkanes of at least 4 members (excludes halogenated alkanes) is 1. The molecule has 3 nitrogen and oxygen atoms in total. The van der Waals surface area contributed by atoms with Gasteiger partial charge in [0.05, 0.1) is 0 Å². The second kappa shape index (κ2) is 8.46. The Morgan fingerprint density at radius 2 is 1.40 bits per heavy atom. The molecule has 0 unspecified atom stereocenters. The highest BCUT2D eigenvalue weighted by Gasteiger charge is 2.26. The van der Waals surface area contributed by atoms with Gasteiger partial charge in [-0.15, -0.1) is 0 Å². The maximum atomic E-state index is 13.8. The van der Waals surface area contributed by atoms with Crippen molar-refractivity contribution in [2.75, 3.05) is 17.2 Å². The van der Waals surface area contributed by atoms with Gasteiger partial charge in [-0.25, -0.2) is 22.0 Å². The van der Waals surface area contributed by atoms with Crippen LogP contribution in [-0.2, 0) is 0 Å². The van der Waals surface area contributed by atoms with Crippen LogP contribution in [0.1, 0.15) is 19.8 Å². The minimum Gasteiger partial charge on any atom is -0.326 e. The molecular weight excluding hydrogens is 341 g/mol. The van der Waals surface area contributed by atoms with Gasteiger partial charge in [0.1, 0.15) is 5.69 Å². The molecule has 0 atom stereocenters. The van der Waals surface area contributed by atoms with Crippen LogP contribution in [0.15, 0.2) is 35.3 Å². The maximum absolute atomic E-state index is 13.8. The zero-order chi connectivity index (χ0) is 18.4. The summed E-state index contributed by atoms with van der Waals surface area (Å²) in [4.78, 5) is 4.09. The molecule has 2 aromatic carbocycles. The van der Waals surface area contributed by atoms with E-state index in [2.05, 4.69) is 15.6 Å². The summed E-state index contributed by atoms with van der Waals surface area (Å²) >= 11 is 0. The molecular formula is C17H16F5N3. The molecule has 0 saturated heterocycles. The Balaban J connectivity index is 2.35. The van der Waals surface area contributed by atoms with Crippen molar-refractivity contribution in [3.8, 4) is 0 Å². The third-order valence-electron chi connectivity index (χ3n) is 3.27. The lowest BCUT2D eigenvalue weighted by Crippen LogP contribution is -2.25. The van der Waals surface area contributed by atoms with Gasteiger partial charge in [0.15, 0.2) is 29.2 Å². The van der Waals surface area contributed by atoms with Crippen LogP contribution in [0.2, 0.25) is 0 Å². The fourth-order valence-electron chi connectivity index (χ4n) is 1.95. The largest absolute Gasteiger partial charge is 0.326 e.